The van der Waals surface area contributed by atoms with E-state index in [4.69, 9.17) is 0 Å². The van der Waals surface area contributed by atoms with E-state index in [0.717, 1.165) is 24.1 Å². The van der Waals surface area contributed by atoms with Crippen LogP contribution >= 0.6 is 0 Å². The Labute approximate surface area is 150 Å². The second-order valence-electron chi connectivity index (χ2n) is 7.44. The summed E-state index contributed by atoms with van der Waals surface area (Å²) in [5, 5.41) is 10.3. The molecule has 25 heavy (non-hydrogen) atoms. The standard InChI is InChI=1S/C18H31N5O2/c1-12(2)9-19-18(25)23-8-6-7-15(10-23)17(24)20-13(3)16-11-22(5)21-14(16)4/h11-13,15H,6-10H2,1-5H3,(H,19,25)(H,20,24)/t13-,15-/m0/s1. The largest absolute Gasteiger partial charge is 0.349 e. The minimum Gasteiger partial charge on any atom is -0.349 e. The zero-order valence-corrected chi connectivity index (χ0v) is 16.0. The average Bonchev–Trinajstić information content (AvgIpc) is 2.91. The first-order valence-corrected chi connectivity index (χ1v) is 9.11. The van der Waals surface area contributed by atoms with Gasteiger partial charge in [0.15, 0.2) is 0 Å². The highest BCUT2D eigenvalue weighted by molar-refractivity contribution is 5.81. The van der Waals surface area contributed by atoms with Crippen LogP contribution in [0.4, 0.5) is 4.79 Å². The zero-order chi connectivity index (χ0) is 18.6. The lowest BCUT2D eigenvalue weighted by Crippen LogP contribution is -2.49. The third-order valence-corrected chi connectivity index (χ3v) is 4.62. The maximum atomic E-state index is 12.6. The second kappa shape index (κ2) is 8.36. The molecule has 0 radical (unpaired) electrons. The van der Waals surface area contributed by atoms with Gasteiger partial charge in [0.1, 0.15) is 0 Å². The normalized spacial score (nSPS) is 19.0. The Morgan fingerprint density at radius 3 is 2.68 bits per heavy atom. The van der Waals surface area contributed by atoms with Crippen LogP contribution in [-0.4, -0.2) is 46.3 Å². The molecule has 2 N–H and O–H groups in total. The summed E-state index contributed by atoms with van der Waals surface area (Å²) in [5.74, 6) is 0.270. The van der Waals surface area contributed by atoms with Crippen LogP contribution in [0.2, 0.25) is 0 Å². The summed E-state index contributed by atoms with van der Waals surface area (Å²) in [4.78, 5) is 26.6. The van der Waals surface area contributed by atoms with E-state index < -0.39 is 0 Å². The van der Waals surface area contributed by atoms with E-state index in [1.165, 1.54) is 0 Å². The molecule has 1 aliphatic heterocycles. The Balaban J connectivity index is 1.90. The number of aryl methyl sites for hydroxylation is 2. The van der Waals surface area contributed by atoms with Gasteiger partial charge >= 0.3 is 6.03 Å². The monoisotopic (exact) mass is 349 g/mol. The lowest BCUT2D eigenvalue weighted by molar-refractivity contribution is -0.126. The van der Waals surface area contributed by atoms with Gasteiger partial charge in [-0.2, -0.15) is 5.10 Å². The number of nitrogens with zero attached hydrogens (tertiary/aromatic N) is 3. The second-order valence-corrected chi connectivity index (χ2v) is 7.44. The molecular formula is C18H31N5O2. The Morgan fingerprint density at radius 2 is 2.08 bits per heavy atom. The highest BCUT2D eigenvalue weighted by atomic mass is 16.2. The molecule has 0 aliphatic carbocycles. The Kier molecular flexibility index (Phi) is 6.45. The number of likely N-dealkylation sites (tertiary alicyclic amines) is 1. The molecule has 140 valence electrons. The maximum absolute atomic E-state index is 12.6. The van der Waals surface area contributed by atoms with Crippen LogP contribution in [0, 0.1) is 18.8 Å². The van der Waals surface area contributed by atoms with Crippen molar-refractivity contribution in [2.75, 3.05) is 19.6 Å². The summed E-state index contributed by atoms with van der Waals surface area (Å²) in [6, 6.07) is -0.159. The fourth-order valence-electron chi connectivity index (χ4n) is 3.23. The van der Waals surface area contributed by atoms with E-state index in [0.29, 0.717) is 25.6 Å². The van der Waals surface area contributed by atoms with Crippen LogP contribution in [-0.2, 0) is 11.8 Å². The van der Waals surface area contributed by atoms with Crippen molar-refractivity contribution in [2.45, 2.75) is 46.6 Å². The lowest BCUT2D eigenvalue weighted by Gasteiger charge is -2.32. The third-order valence-electron chi connectivity index (χ3n) is 4.62. The van der Waals surface area contributed by atoms with Gasteiger partial charge < -0.3 is 15.5 Å². The van der Waals surface area contributed by atoms with E-state index in [1.54, 1.807) is 9.58 Å². The van der Waals surface area contributed by atoms with E-state index in [2.05, 4.69) is 29.6 Å². The van der Waals surface area contributed by atoms with Gasteiger partial charge in [-0.05, 0) is 32.6 Å². The van der Waals surface area contributed by atoms with Crippen molar-refractivity contribution in [3.63, 3.8) is 0 Å². The Bertz CT molecular complexity index is 611. The van der Waals surface area contributed by atoms with E-state index in [-0.39, 0.29) is 23.9 Å². The van der Waals surface area contributed by atoms with Crippen LogP contribution in [0.1, 0.15) is 50.9 Å². The molecule has 2 rings (SSSR count). The van der Waals surface area contributed by atoms with Crippen molar-refractivity contribution in [1.29, 1.82) is 0 Å². The Morgan fingerprint density at radius 1 is 1.36 bits per heavy atom. The minimum absolute atomic E-state index is 0.0112. The van der Waals surface area contributed by atoms with Gasteiger partial charge in [0.05, 0.1) is 17.7 Å². The molecule has 0 aromatic carbocycles. The predicted octanol–water partition coefficient (Wildman–Crippen LogP) is 1.98. The molecule has 2 heterocycles. The molecule has 1 saturated heterocycles. The van der Waals surface area contributed by atoms with Gasteiger partial charge in [-0.15, -0.1) is 0 Å². The van der Waals surface area contributed by atoms with Gasteiger partial charge in [0, 0.05) is 38.4 Å². The first-order chi connectivity index (χ1) is 11.8. The van der Waals surface area contributed by atoms with Crippen molar-refractivity contribution >= 4 is 11.9 Å². The van der Waals surface area contributed by atoms with Gasteiger partial charge in [0.2, 0.25) is 5.91 Å². The van der Waals surface area contributed by atoms with Crippen molar-refractivity contribution in [3.8, 4) is 0 Å². The quantitative estimate of drug-likeness (QED) is 0.853. The first-order valence-electron chi connectivity index (χ1n) is 9.11. The van der Waals surface area contributed by atoms with E-state index in [1.807, 2.05) is 27.1 Å². The molecular weight excluding hydrogens is 318 g/mol. The SMILES string of the molecule is Cc1nn(C)cc1[C@H](C)NC(=O)[C@H]1CCCN(C(=O)NCC(C)C)C1. The minimum atomic E-state index is -0.155. The number of nitrogens with one attached hydrogen (secondary N) is 2. The fraction of sp³-hybridized carbons (Fsp3) is 0.722. The van der Waals surface area contributed by atoms with Crippen molar-refractivity contribution < 1.29 is 9.59 Å². The molecule has 2 atom stereocenters. The molecule has 1 aromatic heterocycles. The topological polar surface area (TPSA) is 79.3 Å². The molecule has 1 aliphatic rings. The number of carbonyl (C=O) groups excluding carboxylic acids is 2. The van der Waals surface area contributed by atoms with Crippen molar-refractivity contribution in [2.24, 2.45) is 18.9 Å². The summed E-state index contributed by atoms with van der Waals surface area (Å²) in [5.41, 5.74) is 1.95. The van der Waals surface area contributed by atoms with Crippen LogP contribution in [0.25, 0.3) is 0 Å². The molecule has 0 bridgehead atoms. The van der Waals surface area contributed by atoms with E-state index >= 15 is 0 Å². The summed E-state index contributed by atoms with van der Waals surface area (Å²) in [6.07, 6.45) is 3.61. The number of piperidine rings is 1. The third kappa shape index (κ3) is 5.21. The molecule has 0 spiro atoms. The maximum Gasteiger partial charge on any atom is 0.317 e. The average molecular weight is 349 g/mol. The van der Waals surface area contributed by atoms with E-state index in [9.17, 15) is 9.59 Å². The van der Waals surface area contributed by atoms with Gasteiger partial charge in [-0.25, -0.2) is 4.79 Å². The Hall–Kier alpha value is -2.05. The molecule has 7 heteroatoms. The summed E-state index contributed by atoms with van der Waals surface area (Å²) < 4.78 is 1.76. The molecule has 0 saturated carbocycles. The number of carbonyl (C=O) groups is 2. The van der Waals surface area contributed by atoms with Crippen molar-refractivity contribution in [1.82, 2.24) is 25.3 Å². The highest BCUT2D eigenvalue weighted by Crippen LogP contribution is 2.20. The number of rotatable bonds is 5. The summed E-state index contributed by atoms with van der Waals surface area (Å²) in [7, 11) is 1.87. The van der Waals surface area contributed by atoms with Crippen LogP contribution < -0.4 is 10.6 Å². The van der Waals surface area contributed by atoms with Gasteiger partial charge in [0.25, 0.3) is 0 Å². The number of amides is 3. The van der Waals surface area contributed by atoms with Gasteiger partial charge in [-0.3, -0.25) is 9.48 Å². The smallest absolute Gasteiger partial charge is 0.317 e. The molecule has 1 aromatic rings. The summed E-state index contributed by atoms with van der Waals surface area (Å²) >= 11 is 0. The molecule has 1 fully saturated rings. The number of urea groups is 1. The number of hydrogen-bond acceptors (Lipinski definition) is 3. The number of hydrogen-bond donors (Lipinski definition) is 2. The number of aromatic nitrogens is 2. The summed E-state index contributed by atoms with van der Waals surface area (Å²) in [6.45, 7) is 9.89. The molecule has 0 unspecified atom stereocenters. The molecule has 7 nitrogen and oxygen atoms in total. The predicted molar refractivity (Wildman–Crippen MR) is 97.0 cm³/mol. The lowest BCUT2D eigenvalue weighted by atomic mass is 9.96. The highest BCUT2D eigenvalue weighted by Gasteiger charge is 2.29. The van der Waals surface area contributed by atoms with Crippen molar-refractivity contribution in [3.05, 3.63) is 17.5 Å². The molecule has 3 amide bonds. The van der Waals surface area contributed by atoms with Crippen LogP contribution in [0.3, 0.4) is 0 Å². The van der Waals surface area contributed by atoms with Crippen LogP contribution in [0.15, 0.2) is 6.20 Å². The van der Waals surface area contributed by atoms with Gasteiger partial charge in [-0.1, -0.05) is 13.8 Å². The van der Waals surface area contributed by atoms with Crippen LogP contribution in [0.5, 0.6) is 0 Å². The zero-order valence-electron chi connectivity index (χ0n) is 16.0. The fourth-order valence-corrected chi connectivity index (χ4v) is 3.23. The first kappa shape index (κ1) is 19.3.